The molecule has 1 rings (SSSR count). The predicted octanol–water partition coefficient (Wildman–Crippen LogP) is 3.24. The Morgan fingerprint density at radius 3 is 2.57 bits per heavy atom. The van der Waals surface area contributed by atoms with E-state index in [-0.39, 0.29) is 6.04 Å². The van der Waals surface area contributed by atoms with Crippen LogP contribution in [-0.4, -0.2) is 4.99 Å². The van der Waals surface area contributed by atoms with Crippen molar-refractivity contribution in [1.82, 2.24) is 5.32 Å². The van der Waals surface area contributed by atoms with Crippen molar-refractivity contribution in [2.24, 2.45) is 0 Å². The average Bonchev–Trinajstić information content (AvgIpc) is 2.19. The Balaban J connectivity index is 2.59. The van der Waals surface area contributed by atoms with Gasteiger partial charge in [0.1, 0.15) is 0 Å². The van der Waals surface area contributed by atoms with E-state index < -0.39 is 0 Å². The topological polar surface area (TPSA) is 12.0 Å². The molecule has 0 unspecified atom stereocenters. The Hall–Kier alpha value is -1.15. The second kappa shape index (κ2) is 5.55. The summed E-state index contributed by atoms with van der Waals surface area (Å²) in [4.78, 5) is 0.781. The van der Waals surface area contributed by atoms with Crippen LogP contribution in [0.3, 0.4) is 0 Å². The third-order valence-electron chi connectivity index (χ3n) is 1.98. The van der Waals surface area contributed by atoms with Gasteiger partial charge in [-0.15, -0.1) is 0 Å². The van der Waals surface area contributed by atoms with E-state index in [1.54, 1.807) is 0 Å². The molecule has 0 heterocycles. The van der Waals surface area contributed by atoms with E-state index in [0.29, 0.717) is 0 Å². The first-order chi connectivity index (χ1) is 6.74. The van der Waals surface area contributed by atoms with Gasteiger partial charge in [0.05, 0.1) is 4.99 Å². The zero-order valence-electron chi connectivity index (χ0n) is 8.53. The molecule has 0 saturated carbocycles. The number of rotatable bonds is 3. The van der Waals surface area contributed by atoms with Crippen LogP contribution in [0.2, 0.25) is 0 Å². The van der Waals surface area contributed by atoms with Gasteiger partial charge in [0.15, 0.2) is 0 Å². The van der Waals surface area contributed by atoms with E-state index in [9.17, 15) is 0 Å². The van der Waals surface area contributed by atoms with Gasteiger partial charge in [-0.1, -0.05) is 48.6 Å². The van der Waals surface area contributed by atoms with Crippen LogP contribution in [0.4, 0.5) is 0 Å². The third kappa shape index (κ3) is 3.30. The van der Waals surface area contributed by atoms with Crippen LogP contribution in [0.1, 0.15) is 25.5 Å². The minimum atomic E-state index is 0.264. The van der Waals surface area contributed by atoms with Crippen molar-refractivity contribution in [2.45, 2.75) is 19.9 Å². The van der Waals surface area contributed by atoms with Crippen LogP contribution in [-0.2, 0) is 0 Å². The largest absolute Gasteiger partial charge is 0.370 e. The Morgan fingerprint density at radius 1 is 1.36 bits per heavy atom. The number of thiocarbonyl (C=S) groups is 1. The average molecular weight is 205 g/mol. The van der Waals surface area contributed by atoms with Crippen molar-refractivity contribution in [1.29, 1.82) is 0 Å². The van der Waals surface area contributed by atoms with E-state index in [0.717, 1.165) is 4.99 Å². The molecule has 14 heavy (non-hydrogen) atoms. The fourth-order valence-corrected chi connectivity index (χ4v) is 1.55. The lowest BCUT2D eigenvalue weighted by Gasteiger charge is -2.14. The van der Waals surface area contributed by atoms with E-state index in [1.165, 1.54) is 5.56 Å². The molecule has 0 spiro atoms. The molecular weight excluding hydrogens is 190 g/mol. The van der Waals surface area contributed by atoms with Gasteiger partial charge in [0.2, 0.25) is 0 Å². The number of allylic oxidation sites excluding steroid dienone is 1. The van der Waals surface area contributed by atoms with Gasteiger partial charge in [-0.25, -0.2) is 0 Å². The summed E-state index contributed by atoms with van der Waals surface area (Å²) in [6.07, 6.45) is 3.84. The van der Waals surface area contributed by atoms with E-state index in [4.69, 9.17) is 12.2 Å². The van der Waals surface area contributed by atoms with E-state index in [1.807, 2.05) is 37.3 Å². The van der Waals surface area contributed by atoms with E-state index >= 15 is 0 Å². The summed E-state index contributed by atoms with van der Waals surface area (Å²) in [7, 11) is 0. The number of hydrogen-bond acceptors (Lipinski definition) is 1. The summed E-state index contributed by atoms with van der Waals surface area (Å²) in [5, 5.41) is 3.24. The van der Waals surface area contributed by atoms with Crippen LogP contribution < -0.4 is 5.32 Å². The summed E-state index contributed by atoms with van der Waals surface area (Å²) in [5.74, 6) is 0. The number of benzene rings is 1. The molecule has 2 heteroatoms. The van der Waals surface area contributed by atoms with Gasteiger partial charge in [-0.3, -0.25) is 0 Å². The maximum Gasteiger partial charge on any atom is 0.0989 e. The third-order valence-corrected chi connectivity index (χ3v) is 2.23. The molecule has 0 aliphatic carbocycles. The second-order valence-corrected chi connectivity index (χ2v) is 3.58. The van der Waals surface area contributed by atoms with Crippen molar-refractivity contribution in [3.8, 4) is 0 Å². The summed E-state index contributed by atoms with van der Waals surface area (Å²) in [6.45, 7) is 4.06. The van der Waals surface area contributed by atoms with Crippen LogP contribution in [0.25, 0.3) is 0 Å². The minimum Gasteiger partial charge on any atom is -0.370 e. The summed E-state index contributed by atoms with van der Waals surface area (Å²) in [5.41, 5.74) is 1.25. The maximum atomic E-state index is 5.13. The van der Waals surface area contributed by atoms with Crippen LogP contribution in [0.5, 0.6) is 0 Å². The number of hydrogen-bond donors (Lipinski definition) is 1. The molecule has 0 fully saturated rings. The van der Waals surface area contributed by atoms with Gasteiger partial charge in [-0.2, -0.15) is 0 Å². The zero-order valence-corrected chi connectivity index (χ0v) is 9.34. The van der Waals surface area contributed by atoms with Gasteiger partial charge in [0.25, 0.3) is 0 Å². The monoisotopic (exact) mass is 205 g/mol. The van der Waals surface area contributed by atoms with E-state index in [2.05, 4.69) is 24.4 Å². The molecule has 0 bridgehead atoms. The van der Waals surface area contributed by atoms with Crippen molar-refractivity contribution in [2.75, 3.05) is 0 Å². The predicted molar refractivity (Wildman–Crippen MR) is 65.4 cm³/mol. The molecule has 1 aromatic carbocycles. The molecule has 0 amide bonds. The maximum absolute atomic E-state index is 5.13. The van der Waals surface area contributed by atoms with Crippen LogP contribution in [0, 0.1) is 0 Å². The highest BCUT2D eigenvalue weighted by molar-refractivity contribution is 7.80. The first-order valence-corrected chi connectivity index (χ1v) is 5.13. The Kier molecular flexibility index (Phi) is 4.33. The smallest absolute Gasteiger partial charge is 0.0989 e. The van der Waals surface area contributed by atoms with Gasteiger partial charge < -0.3 is 5.32 Å². The molecule has 1 aromatic rings. The quantitative estimate of drug-likeness (QED) is 0.600. The highest BCUT2D eigenvalue weighted by atomic mass is 32.1. The SMILES string of the molecule is C/C=C\C(=S)N[C@@H](C)c1ccccc1. The van der Waals surface area contributed by atoms with Gasteiger partial charge in [-0.05, 0) is 25.5 Å². The first kappa shape index (κ1) is 10.9. The Labute approximate surface area is 90.8 Å². The molecule has 1 N–H and O–H groups in total. The van der Waals surface area contributed by atoms with Crippen molar-refractivity contribution in [3.05, 3.63) is 48.0 Å². The molecule has 1 atom stereocenters. The normalized spacial score (nSPS) is 12.7. The highest BCUT2D eigenvalue weighted by Crippen LogP contribution is 2.10. The first-order valence-electron chi connectivity index (χ1n) is 4.72. The lowest BCUT2D eigenvalue weighted by molar-refractivity contribution is 0.725. The molecular formula is C12H15NS. The Bertz CT molecular complexity index is 316. The lowest BCUT2D eigenvalue weighted by Crippen LogP contribution is -2.22. The fourth-order valence-electron chi connectivity index (χ4n) is 1.24. The fraction of sp³-hybridized carbons (Fsp3) is 0.250. The van der Waals surface area contributed by atoms with Crippen LogP contribution in [0.15, 0.2) is 42.5 Å². The summed E-state index contributed by atoms with van der Waals surface area (Å²) in [6, 6.07) is 10.5. The van der Waals surface area contributed by atoms with Crippen LogP contribution >= 0.6 is 12.2 Å². The minimum absolute atomic E-state index is 0.264. The second-order valence-electron chi connectivity index (χ2n) is 3.14. The Morgan fingerprint density at radius 2 is 2.00 bits per heavy atom. The molecule has 0 saturated heterocycles. The highest BCUT2D eigenvalue weighted by Gasteiger charge is 2.03. The zero-order chi connectivity index (χ0) is 10.4. The number of nitrogens with one attached hydrogen (secondary N) is 1. The molecule has 1 nitrogen and oxygen atoms in total. The van der Waals surface area contributed by atoms with Crippen molar-refractivity contribution < 1.29 is 0 Å². The summed E-state index contributed by atoms with van der Waals surface area (Å²) >= 11 is 5.13. The summed E-state index contributed by atoms with van der Waals surface area (Å²) < 4.78 is 0. The molecule has 0 aliphatic rings. The molecule has 0 radical (unpaired) electrons. The molecule has 0 aliphatic heterocycles. The van der Waals surface area contributed by atoms with Crippen molar-refractivity contribution >= 4 is 17.2 Å². The standard InChI is InChI=1S/C12H15NS/c1-3-7-12(14)13-10(2)11-8-5-4-6-9-11/h3-10H,1-2H3,(H,13,14)/b7-3-/t10-/m0/s1. The molecule has 74 valence electrons. The van der Waals surface area contributed by atoms with Gasteiger partial charge in [0, 0.05) is 6.04 Å². The van der Waals surface area contributed by atoms with Gasteiger partial charge >= 0.3 is 0 Å². The molecule has 0 aromatic heterocycles. The lowest BCUT2D eigenvalue weighted by atomic mass is 10.1. The van der Waals surface area contributed by atoms with Crippen molar-refractivity contribution in [3.63, 3.8) is 0 Å².